The van der Waals surface area contributed by atoms with Crippen LogP contribution in [0.3, 0.4) is 0 Å². The van der Waals surface area contributed by atoms with Gasteiger partial charge in [0.1, 0.15) is 0 Å². The van der Waals surface area contributed by atoms with Crippen LogP contribution in [-0.4, -0.2) is 12.1 Å². The highest BCUT2D eigenvalue weighted by atomic mass is 16.2. The van der Waals surface area contributed by atoms with E-state index in [1.807, 2.05) is 0 Å². The molecule has 0 saturated heterocycles. The van der Waals surface area contributed by atoms with E-state index in [0.29, 0.717) is 12.7 Å². The molecule has 18 heavy (non-hydrogen) atoms. The summed E-state index contributed by atoms with van der Waals surface area (Å²) in [6, 6.07) is 0. The number of hydrogen-bond acceptors (Lipinski definition) is 2. The molecule has 0 fully saturated rings. The molecule has 0 heterocycles. The molecule has 0 aliphatic rings. The minimum absolute atomic E-state index is 0.248. The zero-order valence-electron chi connectivity index (χ0n) is 12.1. The number of hydrogen-bond donors (Lipinski definition) is 0. The fraction of sp³-hybridized carbons (Fsp3) is 0.875. The first-order chi connectivity index (χ1) is 8.81. The highest BCUT2D eigenvalue weighted by Crippen LogP contribution is 2.12. The summed E-state index contributed by atoms with van der Waals surface area (Å²) in [5.41, 5.74) is 0. The van der Waals surface area contributed by atoms with Gasteiger partial charge in [-0.15, -0.1) is 0 Å². The second-order valence-electron chi connectivity index (χ2n) is 5.22. The number of carbonyl (C=O) groups is 2. The van der Waals surface area contributed by atoms with Crippen molar-refractivity contribution in [2.24, 2.45) is 0 Å². The topological polar surface area (TPSA) is 34.1 Å². The predicted octanol–water partition coefficient (Wildman–Crippen LogP) is 4.85. The molecular formula is C16H30O2. The molecule has 2 heteroatoms. The van der Waals surface area contributed by atoms with Gasteiger partial charge in [0, 0.05) is 6.42 Å². The average molecular weight is 254 g/mol. The van der Waals surface area contributed by atoms with Gasteiger partial charge in [-0.05, 0) is 6.42 Å². The van der Waals surface area contributed by atoms with E-state index in [0.717, 1.165) is 12.8 Å². The fourth-order valence-electron chi connectivity index (χ4n) is 2.20. The van der Waals surface area contributed by atoms with Crippen molar-refractivity contribution in [1.82, 2.24) is 0 Å². The van der Waals surface area contributed by atoms with E-state index in [1.54, 1.807) is 0 Å². The van der Waals surface area contributed by atoms with Crippen molar-refractivity contribution in [3.63, 3.8) is 0 Å². The van der Waals surface area contributed by atoms with E-state index >= 15 is 0 Å². The second kappa shape index (κ2) is 14.4. The molecule has 0 aromatic heterocycles. The quantitative estimate of drug-likeness (QED) is 0.252. The van der Waals surface area contributed by atoms with Gasteiger partial charge in [0.25, 0.3) is 0 Å². The molecule has 0 radical (unpaired) electrons. The van der Waals surface area contributed by atoms with Gasteiger partial charge in [-0.25, -0.2) is 0 Å². The molecule has 0 amide bonds. The van der Waals surface area contributed by atoms with Gasteiger partial charge in [-0.2, -0.15) is 0 Å². The van der Waals surface area contributed by atoms with Crippen LogP contribution in [0.5, 0.6) is 0 Å². The molecular weight excluding hydrogens is 224 g/mol. The Bertz CT molecular complexity index is 199. The maximum Gasteiger partial charge on any atom is 0.195 e. The van der Waals surface area contributed by atoms with Gasteiger partial charge in [0.15, 0.2) is 12.1 Å². The first-order valence-corrected chi connectivity index (χ1v) is 7.79. The molecule has 0 saturated carbocycles. The first-order valence-electron chi connectivity index (χ1n) is 7.79. The SMILES string of the molecule is CCCCCCCCCCCCCCC(=O)C=O. The third-order valence-corrected chi connectivity index (χ3v) is 3.41. The Labute approximate surface area is 113 Å². The Hall–Kier alpha value is -0.660. The molecule has 0 aliphatic carbocycles. The molecule has 0 atom stereocenters. The molecule has 0 bridgehead atoms. The third kappa shape index (κ3) is 13.4. The van der Waals surface area contributed by atoms with Gasteiger partial charge in [0.05, 0.1) is 0 Å². The van der Waals surface area contributed by atoms with Crippen molar-refractivity contribution < 1.29 is 9.59 Å². The minimum atomic E-state index is -0.248. The van der Waals surface area contributed by atoms with E-state index in [-0.39, 0.29) is 5.78 Å². The van der Waals surface area contributed by atoms with E-state index < -0.39 is 0 Å². The Morgan fingerprint density at radius 1 is 0.722 bits per heavy atom. The van der Waals surface area contributed by atoms with Crippen LogP contribution < -0.4 is 0 Å². The van der Waals surface area contributed by atoms with Crippen LogP contribution in [0, 0.1) is 0 Å². The summed E-state index contributed by atoms with van der Waals surface area (Å²) in [6.07, 6.45) is 16.3. The summed E-state index contributed by atoms with van der Waals surface area (Å²) < 4.78 is 0. The molecule has 106 valence electrons. The Morgan fingerprint density at radius 3 is 1.50 bits per heavy atom. The van der Waals surface area contributed by atoms with Gasteiger partial charge >= 0.3 is 0 Å². The number of aldehydes is 1. The van der Waals surface area contributed by atoms with Gasteiger partial charge in [-0.1, -0.05) is 77.6 Å². The Kier molecular flexibility index (Phi) is 13.9. The smallest absolute Gasteiger partial charge is 0.195 e. The summed E-state index contributed by atoms with van der Waals surface area (Å²) in [7, 11) is 0. The van der Waals surface area contributed by atoms with Crippen LogP contribution >= 0.6 is 0 Å². The van der Waals surface area contributed by atoms with Crippen molar-refractivity contribution in [1.29, 1.82) is 0 Å². The maximum absolute atomic E-state index is 10.7. The monoisotopic (exact) mass is 254 g/mol. The molecule has 0 unspecified atom stereocenters. The number of ketones is 1. The van der Waals surface area contributed by atoms with Gasteiger partial charge in [0.2, 0.25) is 0 Å². The molecule has 0 rings (SSSR count). The van der Waals surface area contributed by atoms with E-state index in [4.69, 9.17) is 0 Å². The highest BCUT2D eigenvalue weighted by Gasteiger charge is 1.98. The summed E-state index contributed by atoms with van der Waals surface area (Å²) in [5, 5.41) is 0. The highest BCUT2D eigenvalue weighted by molar-refractivity contribution is 6.24. The second-order valence-corrected chi connectivity index (χ2v) is 5.22. The van der Waals surface area contributed by atoms with Crippen LogP contribution in [0.15, 0.2) is 0 Å². The largest absolute Gasteiger partial charge is 0.295 e. The standard InChI is InChI=1S/C16H30O2/c1-2-3-4-5-6-7-8-9-10-11-12-13-14-16(18)15-17/h15H,2-14H2,1H3. The maximum atomic E-state index is 10.7. The first kappa shape index (κ1) is 17.3. The summed E-state index contributed by atoms with van der Waals surface area (Å²) in [4.78, 5) is 20.8. The molecule has 0 spiro atoms. The van der Waals surface area contributed by atoms with Crippen LogP contribution in [0.4, 0.5) is 0 Å². The lowest BCUT2D eigenvalue weighted by Gasteiger charge is -2.02. The summed E-state index contributed by atoms with van der Waals surface area (Å²) in [6.45, 7) is 2.25. The van der Waals surface area contributed by atoms with Gasteiger partial charge in [-0.3, -0.25) is 9.59 Å². The van der Waals surface area contributed by atoms with Crippen LogP contribution in [-0.2, 0) is 9.59 Å². The lowest BCUT2D eigenvalue weighted by molar-refractivity contribution is -0.129. The van der Waals surface area contributed by atoms with Gasteiger partial charge < -0.3 is 0 Å². The molecule has 2 nitrogen and oxygen atoms in total. The number of Topliss-reactive ketones (excluding diaryl/α,β-unsaturated/α-hetero) is 1. The van der Waals surface area contributed by atoms with Crippen molar-refractivity contribution in [3.8, 4) is 0 Å². The average Bonchev–Trinajstić information content (AvgIpc) is 2.39. The summed E-state index contributed by atoms with van der Waals surface area (Å²) in [5.74, 6) is -0.248. The third-order valence-electron chi connectivity index (χ3n) is 3.41. The normalized spacial score (nSPS) is 10.5. The van der Waals surface area contributed by atoms with E-state index in [2.05, 4.69) is 6.92 Å². The molecule has 0 aromatic carbocycles. The fourth-order valence-corrected chi connectivity index (χ4v) is 2.20. The van der Waals surface area contributed by atoms with Crippen molar-refractivity contribution in [2.75, 3.05) is 0 Å². The number of unbranched alkanes of at least 4 members (excludes halogenated alkanes) is 11. The van der Waals surface area contributed by atoms with Crippen LogP contribution in [0.25, 0.3) is 0 Å². The van der Waals surface area contributed by atoms with Crippen molar-refractivity contribution in [3.05, 3.63) is 0 Å². The zero-order valence-corrected chi connectivity index (χ0v) is 12.1. The van der Waals surface area contributed by atoms with Crippen molar-refractivity contribution >= 4 is 12.1 Å². The predicted molar refractivity (Wildman–Crippen MR) is 76.8 cm³/mol. The minimum Gasteiger partial charge on any atom is -0.295 e. The summed E-state index contributed by atoms with van der Waals surface area (Å²) >= 11 is 0. The Balaban J connectivity index is 2.98. The van der Waals surface area contributed by atoms with E-state index in [9.17, 15) is 9.59 Å². The van der Waals surface area contributed by atoms with Crippen LogP contribution in [0.1, 0.15) is 90.4 Å². The van der Waals surface area contributed by atoms with Crippen LogP contribution in [0.2, 0.25) is 0 Å². The Morgan fingerprint density at radius 2 is 1.11 bits per heavy atom. The lowest BCUT2D eigenvalue weighted by Crippen LogP contribution is -1.97. The lowest BCUT2D eigenvalue weighted by atomic mass is 10.0. The number of carbonyl (C=O) groups excluding carboxylic acids is 2. The van der Waals surface area contributed by atoms with Crippen molar-refractivity contribution in [2.45, 2.75) is 90.4 Å². The number of rotatable bonds is 14. The molecule has 0 aromatic rings. The molecule has 0 N–H and O–H groups in total. The molecule has 0 aliphatic heterocycles. The van der Waals surface area contributed by atoms with E-state index in [1.165, 1.54) is 64.2 Å². The zero-order chi connectivity index (χ0) is 13.5.